The van der Waals surface area contributed by atoms with Crippen LogP contribution in [-0.4, -0.2) is 16.8 Å². The number of carbonyl (C=O) groups excluding carboxylic acids is 1. The van der Waals surface area contributed by atoms with Crippen LogP contribution in [0.5, 0.6) is 5.75 Å². The Morgan fingerprint density at radius 3 is 2.74 bits per heavy atom. The lowest BCUT2D eigenvalue weighted by Gasteiger charge is -2.20. The summed E-state index contributed by atoms with van der Waals surface area (Å²) in [6, 6.07) is 4.57. The number of hydrogen-bond acceptors (Lipinski definition) is 4. The van der Waals surface area contributed by atoms with Crippen molar-refractivity contribution in [2.75, 3.05) is 5.32 Å². The average Bonchev–Trinajstić information content (AvgIpc) is 2.27. The third-order valence-electron chi connectivity index (χ3n) is 2.01. The number of hydrogen-bond donors (Lipinski definition) is 2. The summed E-state index contributed by atoms with van der Waals surface area (Å²) in [4.78, 5) is 14.2. The molecule has 0 saturated carbocycles. The number of nitrogens with zero attached hydrogens (tertiary/aromatic N) is 3. The molecule has 0 heterocycles. The van der Waals surface area contributed by atoms with Crippen LogP contribution in [-0.2, 0) is 11.3 Å². The first-order chi connectivity index (χ1) is 8.81. The van der Waals surface area contributed by atoms with E-state index < -0.39 is 11.7 Å². The van der Waals surface area contributed by atoms with Crippen molar-refractivity contribution in [3.05, 3.63) is 34.2 Å². The van der Waals surface area contributed by atoms with Crippen molar-refractivity contribution in [1.29, 1.82) is 0 Å². The van der Waals surface area contributed by atoms with Gasteiger partial charge in [-0.1, -0.05) is 11.2 Å². The maximum absolute atomic E-state index is 11.5. The highest BCUT2D eigenvalue weighted by molar-refractivity contribution is 5.86. The summed E-state index contributed by atoms with van der Waals surface area (Å²) in [6.07, 6.45) is -0.648. The Kier molecular flexibility index (Phi) is 4.61. The largest absolute Gasteiger partial charge is 0.506 e. The molecule has 1 rings (SSSR count). The zero-order valence-electron chi connectivity index (χ0n) is 11.0. The fraction of sp³-hybridized carbons (Fsp3) is 0.417. The van der Waals surface area contributed by atoms with Gasteiger partial charge in [-0.15, -0.1) is 0 Å². The summed E-state index contributed by atoms with van der Waals surface area (Å²) in [5, 5.41) is 15.5. The molecular weight excluding hydrogens is 248 g/mol. The van der Waals surface area contributed by atoms with Gasteiger partial charge in [0.25, 0.3) is 0 Å². The number of rotatable bonds is 3. The van der Waals surface area contributed by atoms with Crippen molar-refractivity contribution in [1.82, 2.24) is 0 Å². The lowest BCUT2D eigenvalue weighted by Crippen LogP contribution is -2.27. The van der Waals surface area contributed by atoms with Gasteiger partial charge in [0.15, 0.2) is 0 Å². The molecule has 0 unspecified atom stereocenters. The van der Waals surface area contributed by atoms with E-state index in [0.29, 0.717) is 5.56 Å². The van der Waals surface area contributed by atoms with Gasteiger partial charge in [-0.05, 0) is 44.0 Å². The molecule has 0 bridgehead atoms. The minimum Gasteiger partial charge on any atom is -0.506 e. The molecule has 2 N–H and O–H groups in total. The number of azide groups is 1. The van der Waals surface area contributed by atoms with Crippen molar-refractivity contribution in [3.8, 4) is 5.75 Å². The zero-order chi connectivity index (χ0) is 14.5. The molecule has 7 heteroatoms. The van der Waals surface area contributed by atoms with E-state index in [1.165, 1.54) is 12.1 Å². The van der Waals surface area contributed by atoms with Gasteiger partial charge in [-0.3, -0.25) is 5.32 Å². The van der Waals surface area contributed by atoms with Crippen molar-refractivity contribution < 1.29 is 14.6 Å². The molecule has 0 spiro atoms. The molecule has 0 fully saturated rings. The SMILES string of the molecule is CC(C)(C)OC(=O)Nc1ccc(CN=[N+]=[N-])cc1O. The summed E-state index contributed by atoms with van der Waals surface area (Å²) in [6.45, 7) is 5.37. The van der Waals surface area contributed by atoms with E-state index in [-0.39, 0.29) is 18.0 Å². The Bertz CT molecular complexity index is 516. The summed E-state index contributed by atoms with van der Waals surface area (Å²) in [5.74, 6) is -0.114. The first-order valence-corrected chi connectivity index (χ1v) is 5.64. The molecule has 1 aromatic rings. The van der Waals surface area contributed by atoms with Gasteiger partial charge in [0, 0.05) is 4.91 Å². The summed E-state index contributed by atoms with van der Waals surface area (Å²) >= 11 is 0. The van der Waals surface area contributed by atoms with Crippen LogP contribution in [0.15, 0.2) is 23.3 Å². The molecule has 0 aliphatic carbocycles. The van der Waals surface area contributed by atoms with Crippen LogP contribution in [0.3, 0.4) is 0 Å². The van der Waals surface area contributed by atoms with E-state index in [2.05, 4.69) is 15.3 Å². The predicted molar refractivity (Wildman–Crippen MR) is 70.8 cm³/mol. The highest BCUT2D eigenvalue weighted by atomic mass is 16.6. The van der Waals surface area contributed by atoms with Crippen molar-refractivity contribution >= 4 is 11.8 Å². The van der Waals surface area contributed by atoms with E-state index in [9.17, 15) is 9.90 Å². The standard InChI is InChI=1S/C12H16N4O3/c1-12(2,3)19-11(18)15-9-5-4-8(6-10(9)17)7-14-16-13/h4-6,17H,7H2,1-3H3,(H,15,18). The van der Waals surface area contributed by atoms with Crippen molar-refractivity contribution in [2.45, 2.75) is 32.9 Å². The fourth-order valence-electron chi connectivity index (χ4n) is 1.31. The van der Waals surface area contributed by atoms with Gasteiger partial charge in [-0.25, -0.2) is 4.79 Å². The Balaban J connectivity index is 2.74. The van der Waals surface area contributed by atoms with E-state index in [1.54, 1.807) is 26.8 Å². The average molecular weight is 264 g/mol. The molecule has 7 nitrogen and oxygen atoms in total. The quantitative estimate of drug-likeness (QED) is 0.377. The Hall–Kier alpha value is -2.40. The number of benzene rings is 1. The van der Waals surface area contributed by atoms with Crippen LogP contribution in [0.4, 0.5) is 10.5 Å². The van der Waals surface area contributed by atoms with Crippen LogP contribution in [0.25, 0.3) is 10.4 Å². The van der Waals surface area contributed by atoms with Crippen LogP contribution in [0, 0.1) is 0 Å². The number of phenolic OH excluding ortho intramolecular Hbond substituents is 1. The Morgan fingerprint density at radius 1 is 1.53 bits per heavy atom. The smallest absolute Gasteiger partial charge is 0.412 e. The molecule has 0 aromatic heterocycles. The van der Waals surface area contributed by atoms with E-state index >= 15 is 0 Å². The monoisotopic (exact) mass is 264 g/mol. The van der Waals surface area contributed by atoms with Crippen LogP contribution < -0.4 is 5.32 Å². The van der Waals surface area contributed by atoms with Crippen LogP contribution >= 0.6 is 0 Å². The third kappa shape index (κ3) is 5.18. The predicted octanol–water partition coefficient (Wildman–Crippen LogP) is 3.55. The molecule has 0 aliphatic rings. The molecule has 0 aliphatic heterocycles. The number of phenols is 1. The zero-order valence-corrected chi connectivity index (χ0v) is 11.0. The second-order valence-electron chi connectivity index (χ2n) is 4.87. The second-order valence-corrected chi connectivity index (χ2v) is 4.87. The minimum atomic E-state index is -0.648. The number of carbonyl (C=O) groups is 1. The summed E-state index contributed by atoms with van der Waals surface area (Å²) < 4.78 is 5.06. The first-order valence-electron chi connectivity index (χ1n) is 5.64. The Labute approximate surface area is 110 Å². The van der Waals surface area contributed by atoms with E-state index in [0.717, 1.165) is 0 Å². The molecule has 0 radical (unpaired) electrons. The lowest BCUT2D eigenvalue weighted by molar-refractivity contribution is 0.0635. The fourth-order valence-corrected chi connectivity index (χ4v) is 1.31. The van der Waals surface area contributed by atoms with Gasteiger partial charge >= 0.3 is 6.09 Å². The highest BCUT2D eigenvalue weighted by Crippen LogP contribution is 2.25. The topological polar surface area (TPSA) is 107 Å². The normalized spacial score (nSPS) is 10.5. The van der Waals surface area contributed by atoms with Crippen LogP contribution in [0.1, 0.15) is 26.3 Å². The number of nitrogens with one attached hydrogen (secondary N) is 1. The summed E-state index contributed by atoms with van der Waals surface area (Å²) in [7, 11) is 0. The maximum Gasteiger partial charge on any atom is 0.412 e. The lowest BCUT2D eigenvalue weighted by atomic mass is 10.2. The van der Waals surface area contributed by atoms with Gasteiger partial charge in [0.05, 0.1) is 12.2 Å². The first kappa shape index (κ1) is 14.7. The Morgan fingerprint density at radius 2 is 2.21 bits per heavy atom. The van der Waals surface area contributed by atoms with Gasteiger partial charge < -0.3 is 9.84 Å². The molecule has 1 aromatic carbocycles. The molecule has 19 heavy (non-hydrogen) atoms. The molecule has 1 amide bonds. The maximum atomic E-state index is 11.5. The number of amides is 1. The van der Waals surface area contributed by atoms with Crippen molar-refractivity contribution in [3.63, 3.8) is 0 Å². The molecule has 0 atom stereocenters. The molecule has 0 saturated heterocycles. The van der Waals surface area contributed by atoms with Crippen LogP contribution in [0.2, 0.25) is 0 Å². The van der Waals surface area contributed by atoms with E-state index in [1.807, 2.05) is 0 Å². The van der Waals surface area contributed by atoms with Crippen molar-refractivity contribution in [2.24, 2.45) is 5.11 Å². The molecule has 102 valence electrons. The number of anilines is 1. The molecular formula is C12H16N4O3. The highest BCUT2D eigenvalue weighted by Gasteiger charge is 2.17. The van der Waals surface area contributed by atoms with Gasteiger partial charge in [-0.2, -0.15) is 0 Å². The van der Waals surface area contributed by atoms with Gasteiger partial charge in [0.1, 0.15) is 11.4 Å². The second kappa shape index (κ2) is 5.97. The minimum absolute atomic E-state index is 0.114. The summed E-state index contributed by atoms with van der Waals surface area (Å²) in [5.41, 5.74) is 8.47. The third-order valence-corrected chi connectivity index (χ3v) is 2.01. The van der Waals surface area contributed by atoms with E-state index in [4.69, 9.17) is 10.3 Å². The van der Waals surface area contributed by atoms with Gasteiger partial charge in [0.2, 0.25) is 0 Å². The number of aromatic hydroxyl groups is 1. The number of ether oxygens (including phenoxy) is 1.